The number of likely N-dealkylation sites (tertiary alicyclic amines) is 1. The van der Waals surface area contributed by atoms with E-state index in [9.17, 15) is 5.11 Å². The quantitative estimate of drug-likeness (QED) is 0.913. The van der Waals surface area contributed by atoms with E-state index in [0.29, 0.717) is 11.6 Å². The Balaban J connectivity index is 1.61. The van der Waals surface area contributed by atoms with E-state index >= 15 is 0 Å². The van der Waals surface area contributed by atoms with Crippen LogP contribution in [0.5, 0.6) is 0 Å². The molecule has 1 aliphatic heterocycles. The van der Waals surface area contributed by atoms with Gasteiger partial charge < -0.3 is 5.11 Å². The van der Waals surface area contributed by atoms with Crippen LogP contribution in [0.15, 0.2) is 30.5 Å². The molecule has 0 unspecified atom stereocenters. The van der Waals surface area contributed by atoms with E-state index in [2.05, 4.69) is 22.1 Å². The molecule has 2 aromatic rings. The topological polar surface area (TPSA) is 54.2 Å². The molecule has 1 aromatic heterocycles. The van der Waals surface area contributed by atoms with Gasteiger partial charge in [-0.3, -0.25) is 4.90 Å². The molecule has 0 bridgehead atoms. The lowest BCUT2D eigenvalue weighted by Gasteiger charge is -2.39. The Labute approximate surface area is 141 Å². The Morgan fingerprint density at radius 3 is 2.52 bits per heavy atom. The van der Waals surface area contributed by atoms with Gasteiger partial charge in [-0.2, -0.15) is 0 Å². The average Bonchev–Trinajstić information content (AvgIpc) is 3.05. The first-order chi connectivity index (χ1) is 11.1. The van der Waals surface area contributed by atoms with Crippen LogP contribution in [0.4, 0.5) is 0 Å². The van der Waals surface area contributed by atoms with Gasteiger partial charge in [0.05, 0.1) is 17.6 Å². The maximum absolute atomic E-state index is 9.61. The van der Waals surface area contributed by atoms with Gasteiger partial charge >= 0.3 is 0 Å². The molecule has 6 heteroatoms. The van der Waals surface area contributed by atoms with Crippen LogP contribution < -0.4 is 0 Å². The molecule has 2 heterocycles. The second-order valence-electron chi connectivity index (χ2n) is 6.42. The van der Waals surface area contributed by atoms with Gasteiger partial charge in [-0.25, -0.2) is 4.68 Å². The first kappa shape index (κ1) is 16.4. The van der Waals surface area contributed by atoms with Gasteiger partial charge in [0, 0.05) is 18.2 Å². The molecule has 0 atom stereocenters. The molecule has 0 saturated carbocycles. The minimum Gasteiger partial charge on any atom is -0.396 e. The highest BCUT2D eigenvalue weighted by atomic mass is 35.5. The van der Waals surface area contributed by atoms with Gasteiger partial charge in [0.2, 0.25) is 0 Å². The third-order valence-corrected chi connectivity index (χ3v) is 5.27. The van der Waals surface area contributed by atoms with E-state index in [1.54, 1.807) is 4.68 Å². The highest BCUT2D eigenvalue weighted by Gasteiger charge is 2.32. The zero-order chi connectivity index (χ0) is 16.3. The number of hydrogen-bond acceptors (Lipinski definition) is 4. The van der Waals surface area contributed by atoms with Crippen LogP contribution in [0.2, 0.25) is 5.02 Å². The summed E-state index contributed by atoms with van der Waals surface area (Å²) in [4.78, 5) is 2.39. The highest BCUT2D eigenvalue weighted by Crippen LogP contribution is 2.34. The second-order valence-corrected chi connectivity index (χ2v) is 6.86. The van der Waals surface area contributed by atoms with E-state index in [1.165, 1.54) is 0 Å². The van der Waals surface area contributed by atoms with Crippen LogP contribution in [0.1, 0.15) is 31.9 Å². The third kappa shape index (κ3) is 3.74. The van der Waals surface area contributed by atoms with Crippen molar-refractivity contribution in [2.75, 3.05) is 19.7 Å². The SMILES string of the molecule is CCC1(CO)CCN(Cc2cn(-c3ccc(Cl)cc3)nn2)CC1. The van der Waals surface area contributed by atoms with Crippen molar-refractivity contribution < 1.29 is 5.11 Å². The predicted octanol–water partition coefficient (Wildman–Crippen LogP) is 2.91. The molecule has 1 saturated heterocycles. The van der Waals surface area contributed by atoms with Crippen molar-refractivity contribution in [2.24, 2.45) is 5.41 Å². The summed E-state index contributed by atoms with van der Waals surface area (Å²) in [6, 6.07) is 7.56. The molecule has 3 rings (SSSR count). The molecule has 5 nitrogen and oxygen atoms in total. The van der Waals surface area contributed by atoms with Crippen molar-refractivity contribution in [2.45, 2.75) is 32.7 Å². The Morgan fingerprint density at radius 1 is 1.22 bits per heavy atom. The number of aliphatic hydroxyl groups is 1. The monoisotopic (exact) mass is 334 g/mol. The summed E-state index contributed by atoms with van der Waals surface area (Å²) in [5, 5.41) is 18.8. The highest BCUT2D eigenvalue weighted by molar-refractivity contribution is 6.30. The number of benzene rings is 1. The number of halogens is 1. The Kier molecular flexibility index (Phi) is 4.99. The number of nitrogens with zero attached hydrogens (tertiary/aromatic N) is 4. The van der Waals surface area contributed by atoms with E-state index in [0.717, 1.165) is 50.3 Å². The smallest absolute Gasteiger partial charge is 0.0971 e. The van der Waals surface area contributed by atoms with Crippen molar-refractivity contribution in [3.63, 3.8) is 0 Å². The summed E-state index contributed by atoms with van der Waals surface area (Å²) in [6.07, 6.45) is 5.11. The fourth-order valence-corrected chi connectivity index (χ4v) is 3.25. The van der Waals surface area contributed by atoms with E-state index in [-0.39, 0.29) is 5.41 Å². The number of piperidine rings is 1. The predicted molar refractivity (Wildman–Crippen MR) is 90.7 cm³/mol. The van der Waals surface area contributed by atoms with Crippen LogP contribution in [0.3, 0.4) is 0 Å². The van der Waals surface area contributed by atoms with E-state index < -0.39 is 0 Å². The third-order valence-electron chi connectivity index (χ3n) is 5.02. The lowest BCUT2D eigenvalue weighted by molar-refractivity contribution is 0.0378. The summed E-state index contributed by atoms with van der Waals surface area (Å²) in [6.45, 7) is 5.27. The van der Waals surface area contributed by atoms with Gasteiger partial charge in [0.15, 0.2) is 0 Å². The largest absolute Gasteiger partial charge is 0.396 e. The van der Waals surface area contributed by atoms with Crippen molar-refractivity contribution in [3.05, 3.63) is 41.2 Å². The summed E-state index contributed by atoms with van der Waals surface area (Å²) in [7, 11) is 0. The Bertz CT molecular complexity index is 626. The minimum absolute atomic E-state index is 0.122. The molecule has 1 N–H and O–H groups in total. The van der Waals surface area contributed by atoms with Crippen molar-refractivity contribution in [1.82, 2.24) is 19.9 Å². The maximum atomic E-state index is 9.61. The minimum atomic E-state index is 0.122. The lowest BCUT2D eigenvalue weighted by Crippen LogP contribution is -2.41. The van der Waals surface area contributed by atoms with Gasteiger partial charge in [0.25, 0.3) is 0 Å². The van der Waals surface area contributed by atoms with E-state index in [1.807, 2.05) is 30.5 Å². The molecule has 124 valence electrons. The molecule has 0 aliphatic carbocycles. The molecule has 1 fully saturated rings. The van der Waals surface area contributed by atoms with Crippen LogP contribution in [-0.2, 0) is 6.54 Å². The molecule has 0 spiro atoms. The standard InChI is InChI=1S/C17H23ClN4O/c1-2-17(13-23)7-9-21(10-8-17)11-15-12-22(20-19-15)16-5-3-14(18)4-6-16/h3-6,12,23H,2,7-11,13H2,1H3. The average molecular weight is 335 g/mol. The molecule has 1 aliphatic rings. The van der Waals surface area contributed by atoms with Gasteiger partial charge in [-0.05, 0) is 62.0 Å². The number of rotatable bonds is 5. The summed E-state index contributed by atoms with van der Waals surface area (Å²) in [5.74, 6) is 0. The van der Waals surface area contributed by atoms with Gasteiger partial charge in [0.1, 0.15) is 0 Å². The number of hydrogen-bond donors (Lipinski definition) is 1. The second kappa shape index (κ2) is 6.99. The molecular formula is C17H23ClN4O. The fraction of sp³-hybridized carbons (Fsp3) is 0.529. The van der Waals surface area contributed by atoms with Crippen LogP contribution in [0, 0.1) is 5.41 Å². The first-order valence-corrected chi connectivity index (χ1v) is 8.52. The first-order valence-electron chi connectivity index (χ1n) is 8.14. The molecular weight excluding hydrogens is 312 g/mol. The van der Waals surface area contributed by atoms with Gasteiger partial charge in [-0.1, -0.05) is 23.7 Å². The number of aromatic nitrogens is 3. The summed E-state index contributed by atoms with van der Waals surface area (Å²) in [5.41, 5.74) is 2.04. The van der Waals surface area contributed by atoms with Crippen molar-refractivity contribution in [1.29, 1.82) is 0 Å². The zero-order valence-corrected chi connectivity index (χ0v) is 14.2. The summed E-state index contributed by atoms with van der Waals surface area (Å²) < 4.78 is 1.78. The van der Waals surface area contributed by atoms with Crippen LogP contribution in [0.25, 0.3) is 5.69 Å². The van der Waals surface area contributed by atoms with Crippen molar-refractivity contribution >= 4 is 11.6 Å². The zero-order valence-electron chi connectivity index (χ0n) is 13.5. The summed E-state index contributed by atoms with van der Waals surface area (Å²) >= 11 is 5.91. The molecule has 0 amide bonds. The fourth-order valence-electron chi connectivity index (χ4n) is 3.13. The molecule has 23 heavy (non-hydrogen) atoms. The Hall–Kier alpha value is -1.43. The van der Waals surface area contributed by atoms with Crippen molar-refractivity contribution in [3.8, 4) is 5.69 Å². The Morgan fingerprint density at radius 2 is 1.91 bits per heavy atom. The van der Waals surface area contributed by atoms with E-state index in [4.69, 9.17) is 11.6 Å². The number of aliphatic hydroxyl groups excluding tert-OH is 1. The maximum Gasteiger partial charge on any atom is 0.0971 e. The van der Waals surface area contributed by atoms with Gasteiger partial charge in [-0.15, -0.1) is 5.10 Å². The molecule has 1 aromatic carbocycles. The normalized spacial score (nSPS) is 18.2. The van der Waals surface area contributed by atoms with Crippen LogP contribution in [-0.4, -0.2) is 44.7 Å². The van der Waals surface area contributed by atoms with Crippen LogP contribution >= 0.6 is 11.6 Å². The molecule has 0 radical (unpaired) electrons. The lowest BCUT2D eigenvalue weighted by atomic mass is 9.77.